The lowest BCUT2D eigenvalue weighted by molar-refractivity contribution is -0.153. The van der Waals surface area contributed by atoms with Crippen LogP contribution in [-0.2, 0) is 12.0 Å². The van der Waals surface area contributed by atoms with Crippen LogP contribution in [0.3, 0.4) is 0 Å². The fourth-order valence-electron chi connectivity index (χ4n) is 4.55. The maximum atomic E-state index is 13.3. The molecule has 0 bridgehead atoms. The van der Waals surface area contributed by atoms with Gasteiger partial charge in [-0.3, -0.25) is 4.98 Å². The minimum Gasteiger partial charge on any atom is -0.484 e. The van der Waals surface area contributed by atoms with Crippen LogP contribution in [0.5, 0.6) is 5.75 Å². The van der Waals surface area contributed by atoms with Crippen LogP contribution in [0.1, 0.15) is 42.5 Å². The molecule has 9 heteroatoms. The van der Waals surface area contributed by atoms with Crippen molar-refractivity contribution in [1.29, 1.82) is 0 Å². The summed E-state index contributed by atoms with van der Waals surface area (Å²) in [4.78, 5) is 17.8. The lowest BCUT2D eigenvalue weighted by Gasteiger charge is -2.36. The number of ether oxygens (including phenoxy) is 1. The van der Waals surface area contributed by atoms with Gasteiger partial charge in [0.15, 0.2) is 6.61 Å². The molecule has 1 fully saturated rings. The minimum atomic E-state index is -4.48. The van der Waals surface area contributed by atoms with Crippen molar-refractivity contribution in [2.75, 3.05) is 6.61 Å². The number of carbonyl (C=O) groups excluding carboxylic acids is 1. The first-order chi connectivity index (χ1) is 17.2. The molecular weight excluding hydrogens is 491 g/mol. The van der Waals surface area contributed by atoms with Crippen molar-refractivity contribution in [3.63, 3.8) is 0 Å². The van der Waals surface area contributed by atoms with E-state index in [9.17, 15) is 18.0 Å². The molecule has 1 heterocycles. The van der Waals surface area contributed by atoms with Crippen LogP contribution in [0.4, 0.5) is 18.0 Å². The number of benzene rings is 2. The zero-order valence-electron chi connectivity index (χ0n) is 19.5. The normalized spacial score (nSPS) is 15.8. The van der Waals surface area contributed by atoms with Crippen LogP contribution in [0.25, 0.3) is 0 Å². The summed E-state index contributed by atoms with van der Waals surface area (Å²) in [6, 6.07) is 18.9. The number of nitrogens with zero attached hydrogens (tertiary/aromatic N) is 1. The van der Waals surface area contributed by atoms with Gasteiger partial charge < -0.3 is 15.4 Å². The Balaban J connectivity index is 1.78. The monoisotopic (exact) mass is 517 g/mol. The second kappa shape index (κ2) is 11.2. The van der Waals surface area contributed by atoms with Crippen molar-refractivity contribution in [2.24, 2.45) is 0 Å². The number of alkyl halides is 3. The summed E-state index contributed by atoms with van der Waals surface area (Å²) in [6.45, 7) is -1.42. The zero-order chi connectivity index (χ0) is 25.6. The molecule has 2 amide bonds. The third-order valence-corrected chi connectivity index (χ3v) is 6.45. The van der Waals surface area contributed by atoms with Gasteiger partial charge >= 0.3 is 12.2 Å². The van der Waals surface area contributed by atoms with E-state index in [2.05, 4.69) is 15.6 Å². The van der Waals surface area contributed by atoms with Gasteiger partial charge in [-0.15, -0.1) is 0 Å². The number of amides is 2. The van der Waals surface area contributed by atoms with Crippen LogP contribution in [0, 0.1) is 0 Å². The first kappa shape index (κ1) is 25.8. The standard InChI is InChI=1S/C27H27ClF3N3O2/c28-21-13-14-24(32-17-21)26(16-19-7-2-1-3-8-19,34-25(35)33-22-10-4-5-11-22)20-9-6-12-23(15-20)36-18-27(29,30)31/h1-3,6-9,12-15,17,22H,4-5,10-11,16,18H2,(H2,33,34,35)/t26-/m1/s1. The van der Waals surface area contributed by atoms with E-state index in [1.54, 1.807) is 24.3 Å². The second-order valence-electron chi connectivity index (χ2n) is 8.94. The maximum Gasteiger partial charge on any atom is 0.422 e. The van der Waals surface area contributed by atoms with Gasteiger partial charge in [-0.2, -0.15) is 13.2 Å². The Morgan fingerprint density at radius 3 is 2.44 bits per heavy atom. The number of urea groups is 1. The highest BCUT2D eigenvalue weighted by Gasteiger charge is 2.39. The van der Waals surface area contributed by atoms with Crippen molar-refractivity contribution in [2.45, 2.75) is 49.9 Å². The Hall–Kier alpha value is -3.26. The van der Waals surface area contributed by atoms with E-state index in [0.717, 1.165) is 31.2 Å². The molecule has 2 aromatic carbocycles. The van der Waals surface area contributed by atoms with Crippen LogP contribution in [-0.4, -0.2) is 29.8 Å². The molecule has 1 saturated carbocycles. The van der Waals surface area contributed by atoms with E-state index in [-0.39, 0.29) is 17.8 Å². The van der Waals surface area contributed by atoms with Gasteiger partial charge in [0.05, 0.1) is 10.7 Å². The summed E-state index contributed by atoms with van der Waals surface area (Å²) in [6.07, 6.45) is 1.21. The Kier molecular flexibility index (Phi) is 8.04. The van der Waals surface area contributed by atoms with Gasteiger partial charge in [-0.05, 0) is 48.2 Å². The lowest BCUT2D eigenvalue weighted by atomic mass is 9.80. The summed E-state index contributed by atoms with van der Waals surface area (Å²) in [5.41, 5.74) is 0.705. The average Bonchev–Trinajstić information content (AvgIpc) is 3.36. The molecule has 1 atom stereocenters. The van der Waals surface area contributed by atoms with Crippen molar-refractivity contribution < 1.29 is 22.7 Å². The summed E-state index contributed by atoms with van der Waals surface area (Å²) in [5.74, 6) is 0.0363. The zero-order valence-corrected chi connectivity index (χ0v) is 20.3. The fraction of sp³-hybridized carbons (Fsp3) is 0.333. The molecular formula is C27H27ClF3N3O2. The van der Waals surface area contributed by atoms with Gasteiger partial charge in [0, 0.05) is 18.7 Å². The molecule has 2 N–H and O–H groups in total. The van der Waals surface area contributed by atoms with E-state index >= 15 is 0 Å². The van der Waals surface area contributed by atoms with Crippen molar-refractivity contribution >= 4 is 17.6 Å². The fourth-order valence-corrected chi connectivity index (χ4v) is 4.66. The van der Waals surface area contributed by atoms with Gasteiger partial charge in [0.1, 0.15) is 11.3 Å². The van der Waals surface area contributed by atoms with E-state index in [1.807, 2.05) is 30.3 Å². The average molecular weight is 518 g/mol. The Morgan fingerprint density at radius 2 is 1.78 bits per heavy atom. The first-order valence-electron chi connectivity index (χ1n) is 11.8. The smallest absolute Gasteiger partial charge is 0.422 e. The SMILES string of the molecule is O=C(NC1CCCC1)N[C@](Cc1ccccc1)(c1cccc(OCC(F)(F)F)c1)c1ccc(Cl)cn1. The molecule has 3 aromatic rings. The molecule has 0 spiro atoms. The van der Waals surface area contributed by atoms with Crippen LogP contribution >= 0.6 is 11.6 Å². The number of nitrogens with one attached hydrogen (secondary N) is 2. The number of carbonyl (C=O) groups is 1. The molecule has 1 aliphatic rings. The quantitative estimate of drug-likeness (QED) is 0.363. The van der Waals surface area contributed by atoms with Gasteiger partial charge in [0.25, 0.3) is 0 Å². The Bertz CT molecular complexity index is 1150. The largest absolute Gasteiger partial charge is 0.484 e. The van der Waals surface area contributed by atoms with Gasteiger partial charge in [-0.1, -0.05) is 66.9 Å². The van der Waals surface area contributed by atoms with Crippen LogP contribution in [0.2, 0.25) is 5.02 Å². The number of hydrogen-bond acceptors (Lipinski definition) is 3. The van der Waals surface area contributed by atoms with Gasteiger partial charge in [0.2, 0.25) is 0 Å². The molecule has 5 nitrogen and oxygen atoms in total. The predicted octanol–water partition coefficient (Wildman–Crippen LogP) is 6.40. The van der Waals surface area contributed by atoms with Crippen molar-refractivity contribution in [3.05, 3.63) is 94.8 Å². The van der Waals surface area contributed by atoms with E-state index in [4.69, 9.17) is 16.3 Å². The Labute approximate surface area is 213 Å². The molecule has 1 aliphatic carbocycles. The first-order valence-corrected chi connectivity index (χ1v) is 12.2. The van der Waals surface area contributed by atoms with E-state index < -0.39 is 18.3 Å². The highest BCUT2D eigenvalue weighted by atomic mass is 35.5. The second-order valence-corrected chi connectivity index (χ2v) is 9.38. The minimum absolute atomic E-state index is 0.0363. The van der Waals surface area contributed by atoms with Crippen molar-refractivity contribution in [1.82, 2.24) is 15.6 Å². The van der Waals surface area contributed by atoms with E-state index in [0.29, 0.717) is 22.7 Å². The lowest BCUT2D eigenvalue weighted by Crippen LogP contribution is -2.54. The summed E-state index contributed by atoms with van der Waals surface area (Å²) in [7, 11) is 0. The van der Waals surface area contributed by atoms with Crippen LogP contribution in [0.15, 0.2) is 72.9 Å². The van der Waals surface area contributed by atoms with Gasteiger partial charge in [-0.25, -0.2) is 4.79 Å². The third kappa shape index (κ3) is 6.69. The third-order valence-electron chi connectivity index (χ3n) is 6.22. The molecule has 0 unspecified atom stereocenters. The topological polar surface area (TPSA) is 63.2 Å². The van der Waals surface area contributed by atoms with E-state index in [1.165, 1.54) is 18.3 Å². The van der Waals surface area contributed by atoms with Crippen LogP contribution < -0.4 is 15.4 Å². The maximum absolute atomic E-state index is 13.3. The number of aromatic nitrogens is 1. The summed E-state index contributed by atoms with van der Waals surface area (Å²) in [5, 5.41) is 6.59. The molecule has 0 saturated heterocycles. The number of hydrogen-bond donors (Lipinski definition) is 2. The highest BCUT2D eigenvalue weighted by Crippen LogP contribution is 2.35. The molecule has 1 aromatic heterocycles. The summed E-state index contributed by atoms with van der Waals surface area (Å²) >= 11 is 6.11. The highest BCUT2D eigenvalue weighted by molar-refractivity contribution is 6.30. The molecule has 190 valence electrons. The summed E-state index contributed by atoms with van der Waals surface area (Å²) < 4.78 is 43.5. The Morgan fingerprint density at radius 1 is 1.03 bits per heavy atom. The van der Waals surface area contributed by atoms with Crippen molar-refractivity contribution in [3.8, 4) is 5.75 Å². The number of halogens is 4. The molecule has 0 aliphatic heterocycles. The number of pyridine rings is 1. The number of rotatable bonds is 8. The molecule has 4 rings (SSSR count). The molecule has 0 radical (unpaired) electrons. The molecule has 36 heavy (non-hydrogen) atoms. The predicted molar refractivity (Wildman–Crippen MR) is 132 cm³/mol.